The fourth-order valence-corrected chi connectivity index (χ4v) is 10.2. The van der Waals surface area contributed by atoms with Crippen molar-refractivity contribution in [1.29, 1.82) is 10.5 Å². The Morgan fingerprint density at radius 1 is 0.381 bits per heavy atom. The second-order valence-electron chi connectivity index (χ2n) is 18.3. The van der Waals surface area contributed by atoms with Gasteiger partial charge in [-0.15, -0.1) is 0 Å². The summed E-state index contributed by atoms with van der Waals surface area (Å²) in [7, 11) is 0. The third kappa shape index (κ3) is 5.60. The van der Waals surface area contributed by atoms with E-state index in [0.717, 1.165) is 110 Å². The van der Waals surface area contributed by atoms with Crippen molar-refractivity contribution in [2.45, 2.75) is 53.9 Å². The van der Waals surface area contributed by atoms with Gasteiger partial charge in [0.25, 0.3) is 0 Å². The van der Waals surface area contributed by atoms with Crippen LogP contribution in [0, 0.1) is 50.4 Å². The van der Waals surface area contributed by atoms with Crippen molar-refractivity contribution in [3.63, 3.8) is 0 Å². The fourth-order valence-electron chi connectivity index (χ4n) is 10.2. The lowest BCUT2D eigenvalue weighted by Gasteiger charge is -2.27. The smallest absolute Gasteiger partial charge is 0.104 e. The first-order chi connectivity index (χ1) is 30.5. The van der Waals surface area contributed by atoms with Gasteiger partial charge in [-0.1, -0.05) is 128 Å². The number of nitriles is 2. The maximum absolute atomic E-state index is 12.0. The molecule has 11 aromatic rings. The Balaban J connectivity index is 1.47. The van der Waals surface area contributed by atoms with Crippen LogP contribution in [0.25, 0.3) is 93.6 Å². The molecule has 5 nitrogen and oxygen atoms in total. The predicted molar refractivity (Wildman–Crippen MR) is 262 cm³/mol. The number of benzene rings is 8. The highest BCUT2D eigenvalue weighted by Gasteiger charge is 2.33. The molecule has 0 spiro atoms. The average molecular weight is 812 g/mol. The predicted octanol–water partition coefficient (Wildman–Crippen LogP) is 14.9. The van der Waals surface area contributed by atoms with E-state index >= 15 is 0 Å². The monoisotopic (exact) mass is 811 g/mol. The Morgan fingerprint density at radius 3 is 1.06 bits per heavy atom. The van der Waals surface area contributed by atoms with Gasteiger partial charge in [0.05, 0.1) is 50.2 Å². The Morgan fingerprint density at radius 2 is 0.714 bits per heavy atom. The van der Waals surface area contributed by atoms with E-state index in [1.165, 1.54) is 5.56 Å². The maximum atomic E-state index is 12.0. The van der Waals surface area contributed by atoms with Crippen LogP contribution in [0.3, 0.4) is 0 Å². The molecule has 0 saturated carbocycles. The second kappa shape index (κ2) is 13.8. The number of para-hydroxylation sites is 2. The van der Waals surface area contributed by atoms with Crippen LogP contribution in [0.5, 0.6) is 0 Å². The van der Waals surface area contributed by atoms with E-state index in [0.29, 0.717) is 16.8 Å². The highest BCUT2D eigenvalue weighted by atomic mass is 15.1. The van der Waals surface area contributed by atoms with E-state index < -0.39 is 0 Å². The van der Waals surface area contributed by atoms with Crippen LogP contribution in [0.2, 0.25) is 0 Å². The third-order valence-corrected chi connectivity index (χ3v) is 13.1. The van der Waals surface area contributed by atoms with Crippen LogP contribution in [-0.4, -0.2) is 13.7 Å². The second-order valence-corrected chi connectivity index (χ2v) is 18.3. The first-order valence-corrected chi connectivity index (χ1v) is 21.6. The number of rotatable bonds is 4. The van der Waals surface area contributed by atoms with Crippen molar-refractivity contribution >= 4 is 65.4 Å². The molecule has 0 aliphatic heterocycles. The van der Waals surface area contributed by atoms with Crippen LogP contribution in [0.15, 0.2) is 146 Å². The topological polar surface area (TPSA) is 62.4 Å². The molecule has 11 rings (SSSR count). The Labute approximate surface area is 366 Å². The number of fused-ring (bicyclic) bond motifs is 9. The molecule has 0 atom stereocenters. The summed E-state index contributed by atoms with van der Waals surface area (Å²) < 4.78 is 6.78. The summed E-state index contributed by atoms with van der Waals surface area (Å²) in [5.41, 5.74) is 16.1. The van der Waals surface area contributed by atoms with Gasteiger partial charge in [-0.25, -0.2) is 0 Å². The van der Waals surface area contributed by atoms with E-state index in [1.54, 1.807) is 0 Å². The molecule has 0 aliphatic rings. The zero-order valence-corrected chi connectivity index (χ0v) is 36.6. The summed E-state index contributed by atoms with van der Waals surface area (Å²) in [5.74, 6) is 0. The normalized spacial score (nSPS) is 12.0. The standard InChI is InChI=1S/C58H45N5/c1-34-16-24-50-42(28-34)43-29-35(2)17-25-51(43)62(50)56-46(32-59)55(61-48-14-10-8-12-40(48)41-13-9-11-15-49(41)61)47(33-60)57(54(56)38-20-22-39(23-21-38)58(5,6)7)63-52-26-18-36(3)30-44(52)45-31-37(4)19-27-53(45)63/h8-31H,1-7H3. The minimum absolute atomic E-state index is 0.0919. The van der Waals surface area contributed by atoms with E-state index in [2.05, 4.69) is 208 Å². The van der Waals surface area contributed by atoms with Gasteiger partial charge >= 0.3 is 0 Å². The van der Waals surface area contributed by atoms with Crippen molar-refractivity contribution in [2.24, 2.45) is 0 Å². The SMILES string of the molecule is Cc1ccc2c(c1)c1cc(C)ccc1n2-c1c(C#N)c(-n2c3ccccc3c3ccccc32)c(C#N)c(-n2c3ccc(C)cc3c3cc(C)ccc32)c1-c1ccc(C(C)(C)C)cc1. The molecule has 3 aromatic heterocycles. The molecule has 0 saturated heterocycles. The molecule has 0 fully saturated rings. The zero-order chi connectivity index (χ0) is 43.5. The maximum Gasteiger partial charge on any atom is 0.104 e. The van der Waals surface area contributed by atoms with Crippen LogP contribution >= 0.6 is 0 Å². The summed E-state index contributed by atoms with van der Waals surface area (Å²) in [6.07, 6.45) is 0. The number of hydrogen-bond acceptors (Lipinski definition) is 2. The van der Waals surface area contributed by atoms with Gasteiger partial charge in [0, 0.05) is 37.9 Å². The van der Waals surface area contributed by atoms with Gasteiger partial charge in [-0.05, 0) is 105 Å². The molecule has 0 bridgehead atoms. The zero-order valence-electron chi connectivity index (χ0n) is 36.6. The first kappa shape index (κ1) is 38.1. The van der Waals surface area contributed by atoms with E-state index in [9.17, 15) is 10.5 Å². The largest absolute Gasteiger partial charge is 0.307 e. The average Bonchev–Trinajstić information content (AvgIpc) is 3.89. The summed E-state index contributed by atoms with van der Waals surface area (Å²) in [6.45, 7) is 15.2. The van der Waals surface area contributed by atoms with E-state index in [-0.39, 0.29) is 5.41 Å². The highest BCUT2D eigenvalue weighted by Crippen LogP contribution is 2.49. The third-order valence-electron chi connectivity index (χ3n) is 13.1. The molecule has 0 aliphatic carbocycles. The highest BCUT2D eigenvalue weighted by molar-refractivity contribution is 6.15. The number of nitrogens with zero attached hydrogens (tertiary/aromatic N) is 5. The van der Waals surface area contributed by atoms with E-state index in [4.69, 9.17) is 0 Å². The molecule has 0 radical (unpaired) electrons. The van der Waals surface area contributed by atoms with Crippen LogP contribution in [0.1, 0.15) is 59.7 Å². The Hall–Kier alpha value is -7.86. The lowest BCUT2D eigenvalue weighted by molar-refractivity contribution is 0.590. The Bertz CT molecular complexity index is 3490. The van der Waals surface area contributed by atoms with Gasteiger partial charge in [0.1, 0.15) is 23.3 Å². The summed E-state index contributed by atoms with van der Waals surface area (Å²) in [5, 5.41) is 30.6. The molecular formula is C58H45N5. The molecule has 8 aromatic carbocycles. The summed E-state index contributed by atoms with van der Waals surface area (Å²) in [6, 6.07) is 57.5. The Kier molecular flexibility index (Phi) is 8.36. The van der Waals surface area contributed by atoms with E-state index in [1.807, 2.05) is 12.1 Å². The summed E-state index contributed by atoms with van der Waals surface area (Å²) in [4.78, 5) is 0. The summed E-state index contributed by atoms with van der Waals surface area (Å²) >= 11 is 0. The van der Waals surface area contributed by atoms with Gasteiger partial charge in [-0.3, -0.25) is 0 Å². The quantitative estimate of drug-likeness (QED) is 0.178. The number of aryl methyl sites for hydroxylation is 4. The minimum Gasteiger partial charge on any atom is -0.307 e. The molecule has 0 N–H and O–H groups in total. The minimum atomic E-state index is -0.0919. The van der Waals surface area contributed by atoms with Gasteiger partial charge in [0.2, 0.25) is 0 Å². The number of hydrogen-bond donors (Lipinski definition) is 0. The van der Waals surface area contributed by atoms with Crippen LogP contribution < -0.4 is 0 Å². The molecule has 0 amide bonds. The lowest BCUT2D eigenvalue weighted by atomic mass is 9.85. The first-order valence-electron chi connectivity index (χ1n) is 21.6. The molecule has 5 heteroatoms. The lowest BCUT2D eigenvalue weighted by Crippen LogP contribution is -2.14. The van der Waals surface area contributed by atoms with Crippen molar-refractivity contribution in [2.75, 3.05) is 0 Å². The van der Waals surface area contributed by atoms with Crippen LogP contribution in [-0.2, 0) is 5.41 Å². The van der Waals surface area contributed by atoms with Gasteiger partial charge in [0.15, 0.2) is 0 Å². The van der Waals surface area contributed by atoms with Crippen molar-refractivity contribution in [3.8, 4) is 40.3 Å². The molecule has 302 valence electrons. The number of aromatic nitrogens is 3. The van der Waals surface area contributed by atoms with Crippen molar-refractivity contribution < 1.29 is 0 Å². The van der Waals surface area contributed by atoms with Crippen molar-refractivity contribution in [3.05, 3.63) is 185 Å². The van der Waals surface area contributed by atoms with Gasteiger partial charge in [-0.2, -0.15) is 10.5 Å². The van der Waals surface area contributed by atoms with Crippen LogP contribution in [0.4, 0.5) is 0 Å². The van der Waals surface area contributed by atoms with Crippen molar-refractivity contribution in [1.82, 2.24) is 13.7 Å². The molecule has 3 heterocycles. The van der Waals surface area contributed by atoms with Gasteiger partial charge < -0.3 is 13.7 Å². The fraction of sp³-hybridized carbons (Fsp3) is 0.138. The molecular weight excluding hydrogens is 767 g/mol. The molecule has 63 heavy (non-hydrogen) atoms. The molecule has 0 unspecified atom stereocenters.